The van der Waals surface area contributed by atoms with E-state index >= 15 is 0 Å². The molecule has 1 heterocycles. The first-order valence-electron chi connectivity index (χ1n) is 15.7. The first-order valence-corrected chi connectivity index (χ1v) is 16.7. The minimum absolute atomic E-state index is 0.325. The highest BCUT2D eigenvalue weighted by molar-refractivity contribution is 6.86. The number of hydrogen-bond acceptors (Lipinski definition) is 1. The van der Waals surface area contributed by atoms with Gasteiger partial charge in [0.05, 0.1) is 11.5 Å². The van der Waals surface area contributed by atoms with Crippen LogP contribution in [0.5, 0.6) is 0 Å². The van der Waals surface area contributed by atoms with E-state index in [1.54, 1.807) is 0 Å². The zero-order valence-corrected chi connectivity index (χ0v) is 26.6. The summed E-state index contributed by atoms with van der Waals surface area (Å²) in [7, 11) is 0.527. The highest BCUT2D eigenvalue weighted by atomic mass is 28.2. The minimum Gasteiger partial charge on any atom is -0.326 e. The van der Waals surface area contributed by atoms with E-state index in [1.807, 2.05) is 12.5 Å². The lowest BCUT2D eigenvalue weighted by molar-refractivity contribution is 0.596. The summed E-state index contributed by atoms with van der Waals surface area (Å²) in [6, 6.07) is 52.4. The van der Waals surface area contributed by atoms with E-state index < -0.39 is 0 Å². The van der Waals surface area contributed by atoms with Crippen LogP contribution in [0.1, 0.15) is 49.3 Å². The molecular weight excluding hydrogens is 547 g/mol. The van der Waals surface area contributed by atoms with Gasteiger partial charge in [-0.3, -0.25) is 0 Å². The third-order valence-corrected chi connectivity index (χ3v) is 10.4. The second-order valence-electron chi connectivity index (χ2n) is 12.0. The van der Waals surface area contributed by atoms with Gasteiger partial charge in [0.15, 0.2) is 0 Å². The lowest BCUT2D eigenvalue weighted by Gasteiger charge is -2.36. The number of benzene rings is 5. The second kappa shape index (κ2) is 13.9. The molecule has 1 aliphatic carbocycles. The molecule has 7 rings (SSSR count). The molecule has 0 saturated heterocycles. The smallest absolute Gasteiger partial charge is 0.212 e. The number of hydrogen-bond donors (Lipinski definition) is 0. The number of rotatable bonds is 9. The van der Waals surface area contributed by atoms with Crippen LogP contribution in [0.3, 0.4) is 0 Å². The van der Waals surface area contributed by atoms with Crippen molar-refractivity contribution in [3.05, 3.63) is 181 Å². The van der Waals surface area contributed by atoms with Crippen LogP contribution in [0.2, 0.25) is 5.82 Å². The quantitative estimate of drug-likeness (QED) is 0.163. The topological polar surface area (TPSA) is 17.8 Å². The Labute approximate surface area is 265 Å². The van der Waals surface area contributed by atoms with Crippen molar-refractivity contribution in [2.24, 2.45) is 0 Å². The Bertz CT molecular complexity index is 1620. The average Bonchev–Trinajstić information content (AvgIpc) is 3.76. The van der Waals surface area contributed by atoms with E-state index in [0.717, 1.165) is 5.82 Å². The fourth-order valence-corrected chi connectivity index (χ4v) is 7.88. The summed E-state index contributed by atoms with van der Waals surface area (Å²) >= 11 is 0. The molecule has 0 aliphatic heterocycles. The largest absolute Gasteiger partial charge is 0.326 e. The van der Waals surface area contributed by atoms with E-state index in [4.69, 9.17) is 0 Å². The Hall–Kier alpha value is -4.41. The van der Waals surface area contributed by atoms with Crippen molar-refractivity contribution in [2.45, 2.75) is 43.6 Å². The molecule has 0 atom stereocenters. The summed E-state index contributed by atoms with van der Waals surface area (Å²) < 4.78 is 2.26. The molecule has 1 saturated carbocycles. The van der Waals surface area contributed by atoms with Crippen molar-refractivity contribution in [3.8, 4) is 0 Å². The zero-order chi connectivity index (χ0) is 30.2. The Morgan fingerprint density at radius 3 is 1.66 bits per heavy atom. The van der Waals surface area contributed by atoms with Crippen molar-refractivity contribution in [3.63, 3.8) is 0 Å². The molecule has 0 unspecified atom stereocenters. The Balaban J connectivity index is 0.000000181. The highest BCUT2D eigenvalue weighted by Gasteiger charge is 2.37. The van der Waals surface area contributed by atoms with Crippen LogP contribution < -0.4 is 16.1 Å². The van der Waals surface area contributed by atoms with E-state index in [1.165, 1.54) is 45.6 Å². The summed E-state index contributed by atoms with van der Waals surface area (Å²) in [4.78, 5) is 4.39. The average molecular weight is 587 g/mol. The molecular formula is C40H39BN2Si. The molecule has 0 spiro atoms. The molecule has 0 amide bonds. The van der Waals surface area contributed by atoms with Gasteiger partial charge in [-0.2, -0.15) is 0 Å². The summed E-state index contributed by atoms with van der Waals surface area (Å²) in [5, 5.41) is 1.03. The predicted octanol–water partition coefficient (Wildman–Crippen LogP) is 7.25. The molecule has 5 aromatic carbocycles. The van der Waals surface area contributed by atoms with E-state index in [2.05, 4.69) is 175 Å². The Kier molecular flexibility index (Phi) is 9.38. The molecule has 1 aromatic heterocycles. The molecule has 1 fully saturated rings. The normalized spacial score (nSPS) is 12.8. The molecule has 1 aliphatic rings. The van der Waals surface area contributed by atoms with Crippen LogP contribution in [0.25, 0.3) is 0 Å². The van der Waals surface area contributed by atoms with Gasteiger partial charge in [-0.1, -0.05) is 194 Å². The van der Waals surface area contributed by atoms with Crippen LogP contribution in [0, 0.1) is 0 Å². The molecule has 6 aromatic rings. The lowest BCUT2D eigenvalue weighted by atomic mass is 9.37. The summed E-state index contributed by atoms with van der Waals surface area (Å²) in [6.07, 6.45) is 8.66. The van der Waals surface area contributed by atoms with Gasteiger partial charge in [0.25, 0.3) is 0 Å². The molecule has 216 valence electrons. The van der Waals surface area contributed by atoms with Crippen LogP contribution in [-0.4, -0.2) is 25.8 Å². The molecule has 2 radical (unpaired) electrons. The van der Waals surface area contributed by atoms with Crippen molar-refractivity contribution in [1.82, 2.24) is 9.55 Å². The van der Waals surface area contributed by atoms with Crippen molar-refractivity contribution < 1.29 is 0 Å². The van der Waals surface area contributed by atoms with Gasteiger partial charge in [0, 0.05) is 12.4 Å². The lowest BCUT2D eigenvalue weighted by Crippen LogP contribution is -2.46. The first kappa shape index (κ1) is 29.7. The Morgan fingerprint density at radius 1 is 0.682 bits per heavy atom. The van der Waals surface area contributed by atoms with Gasteiger partial charge in [-0.05, 0) is 22.6 Å². The van der Waals surface area contributed by atoms with Crippen LogP contribution in [0.4, 0.5) is 0 Å². The first-order chi connectivity index (χ1) is 21.6. The van der Waals surface area contributed by atoms with E-state index in [-0.39, 0.29) is 5.16 Å². The van der Waals surface area contributed by atoms with E-state index in [9.17, 15) is 0 Å². The maximum absolute atomic E-state index is 4.39. The fourth-order valence-electron chi connectivity index (χ4n) is 6.16. The molecule has 0 bridgehead atoms. The van der Waals surface area contributed by atoms with Gasteiger partial charge in [-0.25, -0.2) is 4.98 Å². The maximum Gasteiger partial charge on any atom is 0.212 e. The van der Waals surface area contributed by atoms with Crippen molar-refractivity contribution >= 4 is 32.3 Å². The molecule has 0 N–H and O–H groups in total. The van der Waals surface area contributed by atoms with Gasteiger partial charge in [0.1, 0.15) is 9.52 Å². The van der Waals surface area contributed by atoms with Crippen molar-refractivity contribution in [2.75, 3.05) is 0 Å². The number of imidazole rings is 1. The Morgan fingerprint density at radius 2 is 1.20 bits per heavy atom. The summed E-state index contributed by atoms with van der Waals surface area (Å²) in [5.74, 6) is 1.38. The van der Waals surface area contributed by atoms with Crippen LogP contribution >= 0.6 is 0 Å². The SMILES string of the molecule is CC(C)c1cccc([Si]C(c2ccccc2)(c2ccccc2)n2ccnc2)c1.c1ccc(B(c2ccccc2)C2CC2)cc1. The van der Waals surface area contributed by atoms with Gasteiger partial charge >= 0.3 is 0 Å². The van der Waals surface area contributed by atoms with Crippen molar-refractivity contribution in [1.29, 1.82) is 0 Å². The minimum atomic E-state index is -0.325. The molecule has 44 heavy (non-hydrogen) atoms. The summed E-state index contributed by atoms with van der Waals surface area (Å²) in [5.41, 5.74) is 6.86. The van der Waals surface area contributed by atoms with Crippen LogP contribution in [-0.2, 0) is 5.16 Å². The standard InChI is InChI=1S/C25H24N2Si.C15H15B/c1-20(2)21-10-9-15-24(18-21)28-25(27-17-16-26-19-27,22-11-5-3-6-12-22)23-13-7-4-8-14-23;1-3-7-13(8-4-1)16(15-11-12-15)14-9-5-2-6-10-14/h3-20H,1-2H3;1-10,15H,11-12H2. The fraction of sp³-hybridized carbons (Fsp3) is 0.175. The molecule has 4 heteroatoms. The third-order valence-electron chi connectivity index (χ3n) is 8.56. The second-order valence-corrected chi connectivity index (χ2v) is 13.5. The third kappa shape index (κ3) is 6.71. The summed E-state index contributed by atoms with van der Waals surface area (Å²) in [6.45, 7) is 5.11. The predicted molar refractivity (Wildman–Crippen MR) is 188 cm³/mol. The number of nitrogens with zero attached hydrogens (tertiary/aromatic N) is 2. The van der Waals surface area contributed by atoms with Crippen LogP contribution in [0.15, 0.2) is 164 Å². The number of aromatic nitrogens is 2. The highest BCUT2D eigenvalue weighted by Crippen LogP contribution is 2.38. The van der Waals surface area contributed by atoms with E-state index in [0.29, 0.717) is 22.2 Å². The zero-order valence-electron chi connectivity index (χ0n) is 25.6. The monoisotopic (exact) mass is 586 g/mol. The van der Waals surface area contributed by atoms with Gasteiger partial charge < -0.3 is 4.57 Å². The molecule has 2 nitrogen and oxygen atoms in total. The van der Waals surface area contributed by atoms with Gasteiger partial charge in [-0.15, -0.1) is 0 Å². The maximum atomic E-state index is 4.39. The van der Waals surface area contributed by atoms with Gasteiger partial charge in [0.2, 0.25) is 6.71 Å².